The third kappa shape index (κ3) is 3.48. The minimum atomic E-state index is -0.302. The fourth-order valence-corrected chi connectivity index (χ4v) is 3.06. The van der Waals surface area contributed by atoms with Gasteiger partial charge in [-0.25, -0.2) is 4.79 Å². The standard InChI is InChI=1S/C20H20N4O3/c1-23-16-4-2-3-5-17(16)24(20(23)27)12-18(25)21-14-8-6-13(7-9-14)19(26)22-15-10-11-15/h2-9,15H,10-12H2,1H3,(H,21,25)(H,22,26). The van der Waals surface area contributed by atoms with Crippen molar-refractivity contribution in [1.82, 2.24) is 14.5 Å². The zero-order valence-corrected chi connectivity index (χ0v) is 14.9. The zero-order chi connectivity index (χ0) is 19.0. The molecule has 0 atom stereocenters. The topological polar surface area (TPSA) is 85.1 Å². The van der Waals surface area contributed by atoms with E-state index in [0.717, 1.165) is 18.4 Å². The van der Waals surface area contributed by atoms with Crippen LogP contribution in [0.3, 0.4) is 0 Å². The van der Waals surface area contributed by atoms with Crippen LogP contribution in [0.5, 0.6) is 0 Å². The van der Waals surface area contributed by atoms with Crippen molar-refractivity contribution in [2.75, 3.05) is 5.32 Å². The molecule has 1 heterocycles. The van der Waals surface area contributed by atoms with Crippen LogP contribution in [-0.4, -0.2) is 27.0 Å². The van der Waals surface area contributed by atoms with Crippen LogP contribution in [0.25, 0.3) is 11.0 Å². The highest BCUT2D eigenvalue weighted by molar-refractivity contribution is 5.96. The van der Waals surface area contributed by atoms with Crippen LogP contribution in [0.2, 0.25) is 0 Å². The molecule has 0 spiro atoms. The smallest absolute Gasteiger partial charge is 0.329 e. The van der Waals surface area contributed by atoms with Gasteiger partial charge in [-0.05, 0) is 49.2 Å². The number of para-hydroxylation sites is 2. The molecule has 1 saturated carbocycles. The summed E-state index contributed by atoms with van der Waals surface area (Å²) in [6.07, 6.45) is 2.07. The molecule has 0 unspecified atom stereocenters. The summed E-state index contributed by atoms with van der Waals surface area (Å²) in [5, 5.41) is 5.69. The lowest BCUT2D eigenvalue weighted by Gasteiger charge is -2.08. The van der Waals surface area contributed by atoms with E-state index in [0.29, 0.717) is 22.8 Å². The highest BCUT2D eigenvalue weighted by Crippen LogP contribution is 2.19. The van der Waals surface area contributed by atoms with E-state index in [4.69, 9.17) is 0 Å². The monoisotopic (exact) mass is 364 g/mol. The zero-order valence-electron chi connectivity index (χ0n) is 14.9. The fourth-order valence-electron chi connectivity index (χ4n) is 3.06. The molecule has 0 radical (unpaired) electrons. The van der Waals surface area contributed by atoms with Gasteiger partial charge in [-0.15, -0.1) is 0 Å². The van der Waals surface area contributed by atoms with Crippen LogP contribution in [0.15, 0.2) is 53.3 Å². The number of amides is 2. The number of rotatable bonds is 5. The lowest BCUT2D eigenvalue weighted by Crippen LogP contribution is -2.28. The second-order valence-corrected chi connectivity index (χ2v) is 6.79. The molecule has 7 nitrogen and oxygen atoms in total. The molecule has 1 aromatic heterocycles. The first-order chi connectivity index (χ1) is 13.0. The SMILES string of the molecule is Cn1c(=O)n(CC(=O)Nc2ccc(C(=O)NC3CC3)cc2)c2ccccc21. The lowest BCUT2D eigenvalue weighted by atomic mass is 10.2. The molecule has 2 amide bonds. The Morgan fingerprint density at radius 1 is 1.04 bits per heavy atom. The number of carbonyl (C=O) groups is 2. The molecule has 3 aromatic rings. The fraction of sp³-hybridized carbons (Fsp3) is 0.250. The Labute approximate surface area is 155 Å². The van der Waals surface area contributed by atoms with Crippen LogP contribution in [0.4, 0.5) is 5.69 Å². The summed E-state index contributed by atoms with van der Waals surface area (Å²) in [5.41, 5.74) is 2.40. The molecule has 0 bridgehead atoms. The van der Waals surface area contributed by atoms with Gasteiger partial charge in [0.1, 0.15) is 6.54 Å². The van der Waals surface area contributed by atoms with Gasteiger partial charge in [-0.2, -0.15) is 0 Å². The average molecular weight is 364 g/mol. The maximum Gasteiger partial charge on any atom is 0.329 e. The molecule has 0 aliphatic heterocycles. The predicted molar refractivity (Wildman–Crippen MR) is 103 cm³/mol. The van der Waals surface area contributed by atoms with E-state index < -0.39 is 0 Å². The second kappa shape index (κ2) is 6.75. The van der Waals surface area contributed by atoms with Gasteiger partial charge in [0.25, 0.3) is 5.91 Å². The Morgan fingerprint density at radius 2 is 1.70 bits per heavy atom. The number of nitrogens with one attached hydrogen (secondary N) is 2. The van der Waals surface area contributed by atoms with Crippen LogP contribution in [0.1, 0.15) is 23.2 Å². The van der Waals surface area contributed by atoms with E-state index in [2.05, 4.69) is 10.6 Å². The number of aryl methyl sites for hydroxylation is 1. The first-order valence-electron chi connectivity index (χ1n) is 8.88. The first-order valence-corrected chi connectivity index (χ1v) is 8.88. The molecule has 2 N–H and O–H groups in total. The molecule has 4 rings (SSSR count). The van der Waals surface area contributed by atoms with E-state index >= 15 is 0 Å². The highest BCUT2D eigenvalue weighted by atomic mass is 16.2. The van der Waals surface area contributed by atoms with Crippen molar-refractivity contribution in [3.8, 4) is 0 Å². The van der Waals surface area contributed by atoms with Crippen molar-refractivity contribution in [3.63, 3.8) is 0 Å². The first kappa shape index (κ1) is 17.1. The summed E-state index contributed by atoms with van der Waals surface area (Å²) >= 11 is 0. The van der Waals surface area contributed by atoms with Crippen molar-refractivity contribution < 1.29 is 9.59 Å². The third-order valence-electron chi connectivity index (χ3n) is 4.70. The third-order valence-corrected chi connectivity index (χ3v) is 4.70. The summed E-state index contributed by atoms with van der Waals surface area (Å²) in [5.74, 6) is -0.402. The van der Waals surface area contributed by atoms with Crippen molar-refractivity contribution >= 4 is 28.5 Å². The quantitative estimate of drug-likeness (QED) is 0.725. The number of aromatic nitrogens is 2. The Bertz CT molecular complexity index is 1070. The van der Waals surface area contributed by atoms with Crippen molar-refractivity contribution in [1.29, 1.82) is 0 Å². The molecule has 0 saturated heterocycles. The molecule has 2 aromatic carbocycles. The maximum atomic E-state index is 12.4. The molecule has 1 fully saturated rings. The van der Waals surface area contributed by atoms with E-state index in [1.54, 1.807) is 31.3 Å². The minimum Gasteiger partial charge on any atom is -0.349 e. The van der Waals surface area contributed by atoms with Gasteiger partial charge in [0.15, 0.2) is 0 Å². The largest absolute Gasteiger partial charge is 0.349 e. The molecule has 7 heteroatoms. The summed E-state index contributed by atoms with van der Waals surface area (Å²) in [6, 6.07) is 14.4. The number of hydrogen-bond acceptors (Lipinski definition) is 3. The molecular weight excluding hydrogens is 344 g/mol. The van der Waals surface area contributed by atoms with Gasteiger partial charge in [-0.3, -0.25) is 18.7 Å². The van der Waals surface area contributed by atoms with Gasteiger partial charge < -0.3 is 10.6 Å². The van der Waals surface area contributed by atoms with Gasteiger partial charge in [0, 0.05) is 24.3 Å². The van der Waals surface area contributed by atoms with Crippen molar-refractivity contribution in [2.24, 2.45) is 7.05 Å². The van der Waals surface area contributed by atoms with Gasteiger partial charge in [0.05, 0.1) is 11.0 Å². The molecule has 138 valence electrons. The highest BCUT2D eigenvalue weighted by Gasteiger charge is 2.23. The number of hydrogen-bond donors (Lipinski definition) is 2. The summed E-state index contributed by atoms with van der Waals surface area (Å²) in [7, 11) is 1.69. The molecule has 1 aliphatic carbocycles. The number of carbonyl (C=O) groups excluding carboxylic acids is 2. The van der Waals surface area contributed by atoms with Gasteiger partial charge in [0.2, 0.25) is 5.91 Å². The summed E-state index contributed by atoms with van der Waals surface area (Å²) < 4.78 is 2.97. The number of nitrogens with zero attached hydrogens (tertiary/aromatic N) is 2. The van der Waals surface area contributed by atoms with E-state index in [-0.39, 0.29) is 24.0 Å². The van der Waals surface area contributed by atoms with Crippen LogP contribution < -0.4 is 16.3 Å². The average Bonchev–Trinajstić information content (AvgIpc) is 3.46. The lowest BCUT2D eigenvalue weighted by molar-refractivity contribution is -0.116. The molecule has 27 heavy (non-hydrogen) atoms. The molecule has 1 aliphatic rings. The van der Waals surface area contributed by atoms with Gasteiger partial charge in [-0.1, -0.05) is 12.1 Å². The van der Waals surface area contributed by atoms with E-state index in [9.17, 15) is 14.4 Å². The van der Waals surface area contributed by atoms with Crippen molar-refractivity contribution in [3.05, 3.63) is 64.6 Å². The number of anilines is 1. The Morgan fingerprint density at radius 3 is 2.37 bits per heavy atom. The maximum absolute atomic E-state index is 12.4. The summed E-state index contributed by atoms with van der Waals surface area (Å²) in [4.78, 5) is 36.8. The minimum absolute atomic E-state index is 0.0793. The summed E-state index contributed by atoms with van der Waals surface area (Å²) in [6.45, 7) is -0.0793. The Hall–Kier alpha value is -3.35. The van der Waals surface area contributed by atoms with E-state index in [1.807, 2.05) is 24.3 Å². The number of imidazole rings is 1. The second-order valence-electron chi connectivity index (χ2n) is 6.79. The Kier molecular flexibility index (Phi) is 4.27. The van der Waals surface area contributed by atoms with Crippen LogP contribution >= 0.6 is 0 Å². The van der Waals surface area contributed by atoms with E-state index in [1.165, 1.54) is 9.13 Å². The van der Waals surface area contributed by atoms with Crippen molar-refractivity contribution in [2.45, 2.75) is 25.4 Å². The normalized spacial score (nSPS) is 13.5. The predicted octanol–water partition coefficient (Wildman–Crippen LogP) is 1.87. The van der Waals surface area contributed by atoms with Crippen LogP contribution in [0, 0.1) is 0 Å². The van der Waals surface area contributed by atoms with Crippen LogP contribution in [-0.2, 0) is 18.4 Å². The number of fused-ring (bicyclic) bond motifs is 1. The Balaban J connectivity index is 1.46. The van der Waals surface area contributed by atoms with Gasteiger partial charge >= 0.3 is 5.69 Å². The number of benzene rings is 2. The molecular formula is C20H20N4O3.